The van der Waals surface area contributed by atoms with Crippen molar-refractivity contribution in [3.8, 4) is 0 Å². The first-order valence-electron chi connectivity index (χ1n) is 4.87. The molecule has 2 unspecified atom stereocenters. The zero-order chi connectivity index (χ0) is 11.5. The first kappa shape index (κ1) is 13.4. The van der Waals surface area contributed by atoms with Gasteiger partial charge >= 0.3 is 5.97 Å². The molecule has 0 aromatic carbocycles. The van der Waals surface area contributed by atoms with Gasteiger partial charge in [-0.1, -0.05) is 13.8 Å². The second-order valence-corrected chi connectivity index (χ2v) is 4.60. The molecule has 0 aromatic rings. The van der Waals surface area contributed by atoms with Gasteiger partial charge in [-0.15, -0.1) is 0 Å². The Morgan fingerprint density at radius 2 is 1.71 bits per heavy atom. The van der Waals surface area contributed by atoms with Gasteiger partial charge < -0.3 is 10.2 Å². The number of rotatable bonds is 5. The smallest absolute Gasteiger partial charge is 0.320 e. The van der Waals surface area contributed by atoms with E-state index in [2.05, 4.69) is 5.32 Å². The van der Waals surface area contributed by atoms with E-state index in [-0.39, 0.29) is 12.0 Å². The van der Waals surface area contributed by atoms with Crippen LogP contribution in [-0.2, 0) is 4.79 Å². The molecule has 0 aliphatic rings. The molecule has 3 N–H and O–H groups in total. The van der Waals surface area contributed by atoms with Crippen molar-refractivity contribution in [3.05, 3.63) is 0 Å². The lowest BCUT2D eigenvalue weighted by Crippen LogP contribution is -2.53. The molecule has 0 rings (SSSR count). The van der Waals surface area contributed by atoms with Crippen LogP contribution in [0.1, 0.15) is 34.6 Å². The summed E-state index contributed by atoms with van der Waals surface area (Å²) in [6, 6.07) is -0.873. The Balaban J connectivity index is 4.39. The number of aliphatic hydroxyl groups is 1. The van der Waals surface area contributed by atoms with Crippen molar-refractivity contribution in [2.75, 3.05) is 0 Å². The van der Waals surface area contributed by atoms with E-state index in [1.54, 1.807) is 20.8 Å². The molecular formula is C10H21NO3. The number of aliphatic carboxylic acids is 1. The minimum absolute atomic E-state index is 0.00250. The van der Waals surface area contributed by atoms with Crippen molar-refractivity contribution < 1.29 is 15.0 Å². The number of carbonyl (C=O) groups is 1. The molecule has 0 spiro atoms. The van der Waals surface area contributed by atoms with Crippen LogP contribution in [0.3, 0.4) is 0 Å². The van der Waals surface area contributed by atoms with Gasteiger partial charge in [-0.2, -0.15) is 0 Å². The largest absolute Gasteiger partial charge is 0.480 e. The van der Waals surface area contributed by atoms with Gasteiger partial charge in [0.2, 0.25) is 0 Å². The molecule has 0 heterocycles. The van der Waals surface area contributed by atoms with Gasteiger partial charge in [0.05, 0.1) is 5.60 Å². The minimum atomic E-state index is -0.914. The minimum Gasteiger partial charge on any atom is -0.480 e. The van der Waals surface area contributed by atoms with Crippen LogP contribution in [0.2, 0.25) is 0 Å². The van der Waals surface area contributed by atoms with Crippen molar-refractivity contribution >= 4 is 5.97 Å². The van der Waals surface area contributed by atoms with Crippen LogP contribution < -0.4 is 5.32 Å². The highest BCUT2D eigenvalue weighted by molar-refractivity contribution is 5.73. The summed E-state index contributed by atoms with van der Waals surface area (Å²) in [5, 5.41) is 21.5. The van der Waals surface area contributed by atoms with E-state index >= 15 is 0 Å². The summed E-state index contributed by atoms with van der Waals surface area (Å²) in [5.74, 6) is -0.881. The Labute approximate surface area is 85.3 Å². The highest BCUT2D eigenvalue weighted by atomic mass is 16.4. The summed E-state index contributed by atoms with van der Waals surface area (Å²) in [5.41, 5.74) is -0.914. The molecule has 84 valence electrons. The molecule has 4 nitrogen and oxygen atoms in total. The molecule has 0 saturated carbocycles. The van der Waals surface area contributed by atoms with Crippen LogP contribution in [0.5, 0.6) is 0 Å². The fraction of sp³-hybridized carbons (Fsp3) is 0.900. The average Bonchev–Trinajstić information content (AvgIpc) is 1.96. The Morgan fingerprint density at radius 3 is 1.93 bits per heavy atom. The first-order chi connectivity index (χ1) is 6.16. The van der Waals surface area contributed by atoms with E-state index in [1.807, 2.05) is 13.8 Å². The quantitative estimate of drug-likeness (QED) is 0.619. The third-order valence-corrected chi connectivity index (χ3v) is 2.42. The molecule has 0 bridgehead atoms. The van der Waals surface area contributed by atoms with Crippen LogP contribution in [0.4, 0.5) is 0 Å². The number of carboxylic acids is 1. The monoisotopic (exact) mass is 203 g/mol. The van der Waals surface area contributed by atoms with Crippen LogP contribution in [0.15, 0.2) is 0 Å². The summed E-state index contributed by atoms with van der Waals surface area (Å²) in [6.45, 7) is 8.76. The van der Waals surface area contributed by atoms with E-state index < -0.39 is 17.6 Å². The summed E-state index contributed by atoms with van der Waals surface area (Å²) in [6.07, 6.45) is 0. The maximum absolute atomic E-state index is 10.9. The van der Waals surface area contributed by atoms with Gasteiger partial charge in [0.15, 0.2) is 0 Å². The summed E-state index contributed by atoms with van der Waals surface area (Å²) in [4.78, 5) is 10.9. The number of carboxylic acid groups (broad SMARTS) is 1. The topological polar surface area (TPSA) is 69.6 Å². The van der Waals surface area contributed by atoms with Gasteiger partial charge in [-0.05, 0) is 26.7 Å². The maximum Gasteiger partial charge on any atom is 0.320 e. The van der Waals surface area contributed by atoms with Gasteiger partial charge in [-0.3, -0.25) is 10.1 Å². The molecule has 4 heteroatoms. The first-order valence-corrected chi connectivity index (χ1v) is 4.87. The van der Waals surface area contributed by atoms with Crippen molar-refractivity contribution in [2.24, 2.45) is 5.92 Å². The van der Waals surface area contributed by atoms with Gasteiger partial charge in [0.25, 0.3) is 0 Å². The number of nitrogens with one attached hydrogen (secondary N) is 1. The molecule has 0 aliphatic heterocycles. The van der Waals surface area contributed by atoms with Crippen LogP contribution in [-0.4, -0.2) is 33.9 Å². The Bertz CT molecular complexity index is 196. The molecular weight excluding hydrogens is 182 g/mol. The number of hydrogen-bond donors (Lipinski definition) is 3. The van der Waals surface area contributed by atoms with E-state index in [4.69, 9.17) is 5.11 Å². The Hall–Kier alpha value is -0.610. The molecule has 0 amide bonds. The second kappa shape index (κ2) is 4.75. The average molecular weight is 203 g/mol. The van der Waals surface area contributed by atoms with Crippen molar-refractivity contribution in [1.82, 2.24) is 5.32 Å². The molecule has 0 aliphatic carbocycles. The van der Waals surface area contributed by atoms with Gasteiger partial charge in [0, 0.05) is 6.04 Å². The van der Waals surface area contributed by atoms with Gasteiger partial charge in [-0.25, -0.2) is 0 Å². The summed E-state index contributed by atoms with van der Waals surface area (Å²) in [7, 11) is 0. The Morgan fingerprint density at radius 1 is 1.29 bits per heavy atom. The third kappa shape index (κ3) is 4.07. The fourth-order valence-corrected chi connectivity index (χ4v) is 1.02. The lowest BCUT2D eigenvalue weighted by molar-refractivity contribution is -0.141. The predicted molar refractivity (Wildman–Crippen MR) is 55.2 cm³/mol. The maximum atomic E-state index is 10.9. The molecule has 14 heavy (non-hydrogen) atoms. The van der Waals surface area contributed by atoms with E-state index in [0.29, 0.717) is 0 Å². The molecule has 0 fully saturated rings. The molecule has 0 radical (unpaired) electrons. The zero-order valence-electron chi connectivity index (χ0n) is 9.53. The van der Waals surface area contributed by atoms with E-state index in [1.165, 1.54) is 0 Å². The molecule has 2 atom stereocenters. The number of hydrogen-bond acceptors (Lipinski definition) is 3. The molecule has 0 aromatic heterocycles. The normalized spacial score (nSPS) is 16.8. The fourth-order valence-electron chi connectivity index (χ4n) is 1.02. The van der Waals surface area contributed by atoms with Crippen LogP contribution in [0.25, 0.3) is 0 Å². The third-order valence-electron chi connectivity index (χ3n) is 2.42. The van der Waals surface area contributed by atoms with E-state index in [0.717, 1.165) is 0 Å². The van der Waals surface area contributed by atoms with Crippen molar-refractivity contribution in [1.29, 1.82) is 0 Å². The Kier molecular flexibility index (Phi) is 4.55. The predicted octanol–water partition coefficient (Wildman–Crippen LogP) is 0.845. The second-order valence-electron chi connectivity index (χ2n) is 4.60. The van der Waals surface area contributed by atoms with Crippen molar-refractivity contribution in [2.45, 2.75) is 52.3 Å². The lowest BCUT2D eigenvalue weighted by atomic mass is 9.97. The van der Waals surface area contributed by atoms with Gasteiger partial charge in [0.1, 0.15) is 6.04 Å². The van der Waals surface area contributed by atoms with Crippen LogP contribution >= 0.6 is 0 Å². The lowest BCUT2D eigenvalue weighted by Gasteiger charge is -2.31. The standard InChI is InChI=1S/C10H21NO3/c1-6(2)8(9(12)13)11-7(3)10(4,5)14/h6-8,11,14H,1-5H3,(H,12,13). The summed E-state index contributed by atoms with van der Waals surface area (Å²) < 4.78 is 0. The SMILES string of the molecule is CC(C)C(NC(C)C(C)(C)O)C(=O)O. The zero-order valence-corrected chi connectivity index (χ0v) is 9.53. The highest BCUT2D eigenvalue weighted by Crippen LogP contribution is 2.11. The van der Waals surface area contributed by atoms with E-state index in [9.17, 15) is 9.90 Å². The van der Waals surface area contributed by atoms with Crippen LogP contribution in [0, 0.1) is 5.92 Å². The van der Waals surface area contributed by atoms with Crippen molar-refractivity contribution in [3.63, 3.8) is 0 Å². The molecule has 0 saturated heterocycles. The highest BCUT2D eigenvalue weighted by Gasteiger charge is 2.29. The summed E-state index contributed by atoms with van der Waals surface area (Å²) >= 11 is 0.